The molecule has 5 nitrogen and oxygen atoms in total. The molecule has 2 aliphatic heterocycles. The lowest BCUT2D eigenvalue weighted by molar-refractivity contribution is -0.134. The number of carbonyl (C=O) groups is 1. The quantitative estimate of drug-likeness (QED) is 0.771. The lowest BCUT2D eigenvalue weighted by Crippen LogP contribution is -2.54. The lowest BCUT2D eigenvalue weighted by atomic mass is 10.0. The summed E-state index contributed by atoms with van der Waals surface area (Å²) in [6.07, 6.45) is 1.81. The predicted molar refractivity (Wildman–Crippen MR) is 97.5 cm³/mol. The van der Waals surface area contributed by atoms with Crippen molar-refractivity contribution in [1.82, 2.24) is 19.6 Å². The maximum Gasteiger partial charge on any atom is 0.222 e. The van der Waals surface area contributed by atoms with Crippen LogP contribution in [0.5, 0.6) is 0 Å². The lowest BCUT2D eigenvalue weighted by Gasteiger charge is -2.40. The van der Waals surface area contributed by atoms with Crippen molar-refractivity contribution in [2.45, 2.75) is 40.5 Å². The van der Waals surface area contributed by atoms with Gasteiger partial charge in [-0.1, -0.05) is 34.1 Å². The largest absolute Gasteiger partial charge is 0.340 e. The van der Waals surface area contributed by atoms with Gasteiger partial charge >= 0.3 is 0 Å². The number of hydrogen-bond acceptors (Lipinski definition) is 4. The first-order chi connectivity index (χ1) is 11.1. The van der Waals surface area contributed by atoms with E-state index in [0.29, 0.717) is 11.8 Å². The van der Waals surface area contributed by atoms with Crippen LogP contribution in [0.1, 0.15) is 40.5 Å². The Morgan fingerprint density at radius 3 is 1.87 bits per heavy atom. The smallest absolute Gasteiger partial charge is 0.222 e. The van der Waals surface area contributed by atoms with Crippen molar-refractivity contribution >= 4 is 5.91 Å². The summed E-state index contributed by atoms with van der Waals surface area (Å²) in [6.45, 7) is 18.0. The van der Waals surface area contributed by atoms with Gasteiger partial charge in [0.25, 0.3) is 0 Å². The van der Waals surface area contributed by atoms with E-state index in [0.717, 1.165) is 45.7 Å². The second kappa shape index (κ2) is 11.0. The van der Waals surface area contributed by atoms with Gasteiger partial charge in [0.2, 0.25) is 5.91 Å². The third kappa shape index (κ3) is 7.19. The van der Waals surface area contributed by atoms with Gasteiger partial charge in [0, 0.05) is 58.8 Å². The molecule has 2 saturated heterocycles. The fourth-order valence-corrected chi connectivity index (χ4v) is 2.98. The summed E-state index contributed by atoms with van der Waals surface area (Å²) in [5.41, 5.74) is 0. The van der Waals surface area contributed by atoms with Crippen LogP contribution >= 0.6 is 0 Å². The molecular weight excluding hydrogens is 288 g/mol. The van der Waals surface area contributed by atoms with Gasteiger partial charge in [-0.25, -0.2) is 0 Å². The van der Waals surface area contributed by atoms with E-state index >= 15 is 0 Å². The summed E-state index contributed by atoms with van der Waals surface area (Å²) >= 11 is 0. The molecule has 0 aromatic heterocycles. The van der Waals surface area contributed by atoms with E-state index in [2.05, 4.69) is 40.5 Å². The minimum absolute atomic E-state index is 0.351. The van der Waals surface area contributed by atoms with E-state index in [9.17, 15) is 4.79 Å². The van der Waals surface area contributed by atoms with Gasteiger partial charge in [-0.05, 0) is 13.0 Å². The van der Waals surface area contributed by atoms with E-state index in [1.54, 1.807) is 0 Å². The number of carbonyl (C=O) groups excluding carboxylic acids is 1. The Balaban J connectivity index is 0.00000127. The Labute approximate surface area is 143 Å². The minimum Gasteiger partial charge on any atom is -0.340 e. The van der Waals surface area contributed by atoms with Gasteiger partial charge in [0.1, 0.15) is 0 Å². The molecule has 0 saturated carbocycles. The molecule has 0 aromatic rings. The highest BCUT2D eigenvalue weighted by Gasteiger charge is 2.23. The zero-order valence-electron chi connectivity index (χ0n) is 16.1. The number of hydrogen-bond donors (Lipinski definition) is 0. The third-order valence-corrected chi connectivity index (χ3v) is 4.94. The molecule has 5 heteroatoms. The Bertz CT molecular complexity index is 321. The molecule has 2 heterocycles. The van der Waals surface area contributed by atoms with Gasteiger partial charge < -0.3 is 9.80 Å². The molecular formula is C18H38N4O. The van der Waals surface area contributed by atoms with Crippen molar-refractivity contribution in [3.05, 3.63) is 0 Å². The van der Waals surface area contributed by atoms with E-state index in [-0.39, 0.29) is 0 Å². The van der Waals surface area contributed by atoms with Gasteiger partial charge in [-0.3, -0.25) is 14.6 Å². The molecule has 0 aromatic carbocycles. The molecule has 136 valence electrons. The van der Waals surface area contributed by atoms with E-state index in [1.165, 1.54) is 26.2 Å². The van der Waals surface area contributed by atoms with Crippen LogP contribution in [0.3, 0.4) is 0 Å². The van der Waals surface area contributed by atoms with E-state index in [1.807, 2.05) is 13.8 Å². The van der Waals surface area contributed by atoms with Crippen LogP contribution in [0.4, 0.5) is 0 Å². The summed E-state index contributed by atoms with van der Waals surface area (Å²) in [7, 11) is 2.19. The number of likely N-dealkylation sites (N-methyl/N-ethyl adjacent to an activating group) is 1. The van der Waals surface area contributed by atoms with Crippen molar-refractivity contribution in [3.63, 3.8) is 0 Å². The van der Waals surface area contributed by atoms with Crippen LogP contribution in [0.2, 0.25) is 0 Å². The molecule has 1 amide bonds. The molecule has 1 unspecified atom stereocenters. The van der Waals surface area contributed by atoms with Crippen LogP contribution in [-0.4, -0.2) is 91.6 Å². The number of amides is 1. The Morgan fingerprint density at radius 1 is 0.913 bits per heavy atom. The molecule has 0 N–H and O–H groups in total. The Hall–Kier alpha value is -0.650. The monoisotopic (exact) mass is 326 g/mol. The fourth-order valence-electron chi connectivity index (χ4n) is 2.98. The molecule has 0 aliphatic carbocycles. The molecule has 2 rings (SSSR count). The highest BCUT2D eigenvalue weighted by atomic mass is 16.2. The summed E-state index contributed by atoms with van der Waals surface area (Å²) < 4.78 is 0. The zero-order valence-corrected chi connectivity index (χ0v) is 16.1. The van der Waals surface area contributed by atoms with Crippen molar-refractivity contribution in [1.29, 1.82) is 0 Å². The van der Waals surface area contributed by atoms with Gasteiger partial charge in [-0.2, -0.15) is 0 Å². The van der Waals surface area contributed by atoms with Crippen LogP contribution in [0.25, 0.3) is 0 Å². The second-order valence-corrected chi connectivity index (χ2v) is 6.78. The van der Waals surface area contributed by atoms with Crippen LogP contribution in [0, 0.1) is 5.92 Å². The van der Waals surface area contributed by atoms with Crippen molar-refractivity contribution in [2.24, 2.45) is 5.92 Å². The number of rotatable bonds is 5. The summed E-state index contributed by atoms with van der Waals surface area (Å²) in [4.78, 5) is 21.7. The Morgan fingerprint density at radius 2 is 1.39 bits per heavy atom. The first-order valence-corrected chi connectivity index (χ1v) is 9.49. The third-order valence-electron chi connectivity index (χ3n) is 4.94. The Kier molecular flexibility index (Phi) is 9.75. The number of piperazine rings is 2. The molecule has 0 bridgehead atoms. The topological polar surface area (TPSA) is 30.0 Å². The van der Waals surface area contributed by atoms with Crippen molar-refractivity contribution in [3.8, 4) is 0 Å². The van der Waals surface area contributed by atoms with Crippen molar-refractivity contribution < 1.29 is 4.79 Å². The van der Waals surface area contributed by atoms with Gasteiger partial charge in [0.05, 0.1) is 6.67 Å². The van der Waals surface area contributed by atoms with E-state index in [4.69, 9.17) is 0 Å². The molecule has 2 fully saturated rings. The fraction of sp³-hybridized carbons (Fsp3) is 0.944. The molecule has 0 spiro atoms. The van der Waals surface area contributed by atoms with Gasteiger partial charge in [0.15, 0.2) is 0 Å². The normalized spacial score (nSPS) is 22.4. The summed E-state index contributed by atoms with van der Waals surface area (Å²) in [5.74, 6) is 0.865. The average molecular weight is 327 g/mol. The summed E-state index contributed by atoms with van der Waals surface area (Å²) in [5, 5.41) is 0. The van der Waals surface area contributed by atoms with E-state index < -0.39 is 0 Å². The maximum atomic E-state index is 12.2. The summed E-state index contributed by atoms with van der Waals surface area (Å²) in [6, 6.07) is 0. The van der Waals surface area contributed by atoms with Crippen LogP contribution in [0.15, 0.2) is 0 Å². The highest BCUT2D eigenvalue weighted by molar-refractivity contribution is 5.76. The van der Waals surface area contributed by atoms with Gasteiger partial charge in [-0.15, -0.1) is 0 Å². The second-order valence-electron chi connectivity index (χ2n) is 6.78. The average Bonchev–Trinajstić information content (AvgIpc) is 2.59. The first kappa shape index (κ1) is 20.4. The molecule has 23 heavy (non-hydrogen) atoms. The van der Waals surface area contributed by atoms with Crippen LogP contribution in [-0.2, 0) is 4.79 Å². The number of nitrogens with zero attached hydrogens (tertiary/aromatic N) is 4. The molecule has 1 atom stereocenters. The van der Waals surface area contributed by atoms with Crippen LogP contribution < -0.4 is 0 Å². The SMILES string of the molecule is CC.CCC(C)CC(=O)N1CCN(CN2CCN(C)CC2)CC1. The minimum atomic E-state index is 0.351. The zero-order chi connectivity index (χ0) is 17.2. The first-order valence-electron chi connectivity index (χ1n) is 9.49. The maximum absolute atomic E-state index is 12.2. The highest BCUT2D eigenvalue weighted by Crippen LogP contribution is 2.12. The molecule has 0 radical (unpaired) electrons. The standard InChI is InChI=1S/C16H32N4O.C2H6/c1-4-15(2)13-16(21)20-11-9-19(10-12-20)14-18-7-5-17(3)6-8-18;1-2/h15H,4-14H2,1-3H3;1-2H3. The molecule has 2 aliphatic rings. The predicted octanol–water partition coefficient (Wildman–Crippen LogP) is 1.80. The van der Waals surface area contributed by atoms with Crippen molar-refractivity contribution in [2.75, 3.05) is 66.1 Å².